The van der Waals surface area contributed by atoms with Crippen molar-refractivity contribution >= 4 is 28.9 Å². The molecular formula is C17H16Cl2N2O. The third-order valence-electron chi connectivity index (χ3n) is 3.74. The summed E-state index contributed by atoms with van der Waals surface area (Å²) in [5.41, 5.74) is 10.6. The van der Waals surface area contributed by atoms with Crippen molar-refractivity contribution in [2.24, 2.45) is 0 Å². The molecule has 1 aliphatic heterocycles. The van der Waals surface area contributed by atoms with Crippen LogP contribution in [0.2, 0.25) is 10.0 Å². The molecule has 1 heterocycles. The van der Waals surface area contributed by atoms with Crippen LogP contribution in [0.4, 0.5) is 0 Å². The molecule has 0 amide bonds. The highest BCUT2D eigenvalue weighted by molar-refractivity contribution is 6.36. The number of phenols is 1. The van der Waals surface area contributed by atoms with Crippen LogP contribution in [0, 0.1) is 13.8 Å². The smallest absolute Gasteiger partial charge is 0.127 e. The Morgan fingerprint density at radius 3 is 2.45 bits per heavy atom. The van der Waals surface area contributed by atoms with E-state index in [4.69, 9.17) is 23.2 Å². The van der Waals surface area contributed by atoms with Crippen LogP contribution in [-0.4, -0.2) is 5.11 Å². The second-order valence-corrected chi connectivity index (χ2v) is 6.26. The van der Waals surface area contributed by atoms with Gasteiger partial charge >= 0.3 is 0 Å². The van der Waals surface area contributed by atoms with Crippen LogP contribution in [0.15, 0.2) is 36.4 Å². The summed E-state index contributed by atoms with van der Waals surface area (Å²) >= 11 is 12.5. The van der Waals surface area contributed by atoms with E-state index in [1.54, 1.807) is 0 Å². The van der Waals surface area contributed by atoms with Crippen LogP contribution in [0.25, 0.3) is 5.70 Å². The molecule has 2 aromatic rings. The van der Waals surface area contributed by atoms with Gasteiger partial charge in [-0.25, -0.2) is 5.43 Å². The Kier molecular flexibility index (Phi) is 4.04. The van der Waals surface area contributed by atoms with E-state index in [2.05, 4.69) is 10.9 Å². The molecule has 0 spiro atoms. The monoisotopic (exact) mass is 334 g/mol. The van der Waals surface area contributed by atoms with Crippen LogP contribution in [0.5, 0.6) is 5.75 Å². The highest BCUT2D eigenvalue weighted by Crippen LogP contribution is 2.36. The zero-order valence-corrected chi connectivity index (χ0v) is 13.8. The predicted molar refractivity (Wildman–Crippen MR) is 91.0 cm³/mol. The molecule has 1 unspecified atom stereocenters. The van der Waals surface area contributed by atoms with Crippen LogP contribution >= 0.6 is 23.2 Å². The molecule has 22 heavy (non-hydrogen) atoms. The van der Waals surface area contributed by atoms with E-state index in [1.807, 2.05) is 50.3 Å². The van der Waals surface area contributed by atoms with Crippen molar-refractivity contribution in [1.82, 2.24) is 10.9 Å². The topological polar surface area (TPSA) is 44.3 Å². The lowest BCUT2D eigenvalue weighted by Crippen LogP contribution is -2.26. The Balaban J connectivity index is 2.02. The third-order valence-corrected chi connectivity index (χ3v) is 4.40. The molecule has 3 N–H and O–H groups in total. The van der Waals surface area contributed by atoms with Gasteiger partial charge in [-0.3, -0.25) is 0 Å². The number of nitrogens with one attached hydrogen (secondary N) is 2. The average Bonchev–Trinajstić information content (AvgIpc) is 2.92. The predicted octanol–water partition coefficient (Wildman–Crippen LogP) is 4.51. The maximum absolute atomic E-state index is 10.3. The van der Waals surface area contributed by atoms with Gasteiger partial charge in [-0.1, -0.05) is 35.3 Å². The van der Waals surface area contributed by atoms with Gasteiger partial charge in [-0.15, -0.1) is 0 Å². The fraction of sp³-hybridized carbons (Fsp3) is 0.176. The summed E-state index contributed by atoms with van der Waals surface area (Å²) in [6.07, 6.45) is 1.97. The number of aryl methyl sites for hydroxylation is 2. The van der Waals surface area contributed by atoms with E-state index in [-0.39, 0.29) is 11.8 Å². The number of halogens is 2. The molecule has 5 heteroatoms. The SMILES string of the molecule is Cc1cc(C)c(O)c(C2=CC(c3c(Cl)cccc3Cl)NN2)c1. The lowest BCUT2D eigenvalue weighted by Gasteiger charge is -2.13. The van der Waals surface area contributed by atoms with E-state index >= 15 is 0 Å². The molecule has 0 radical (unpaired) electrons. The fourth-order valence-electron chi connectivity index (χ4n) is 2.69. The van der Waals surface area contributed by atoms with Crippen LogP contribution in [0.1, 0.15) is 28.3 Å². The van der Waals surface area contributed by atoms with Gasteiger partial charge in [0.25, 0.3) is 0 Å². The van der Waals surface area contributed by atoms with E-state index < -0.39 is 0 Å². The molecule has 1 aliphatic rings. The van der Waals surface area contributed by atoms with Crippen molar-refractivity contribution < 1.29 is 5.11 Å². The largest absolute Gasteiger partial charge is 0.507 e. The van der Waals surface area contributed by atoms with E-state index in [9.17, 15) is 5.11 Å². The number of hydrogen-bond acceptors (Lipinski definition) is 3. The standard InChI is InChI=1S/C17H16Cl2N2O/c1-9-6-10(2)17(22)11(7-9)14-8-15(21-20-14)16-12(18)4-3-5-13(16)19/h3-8,15,20-22H,1-2H3. The van der Waals surface area contributed by atoms with Crippen LogP contribution < -0.4 is 10.9 Å². The van der Waals surface area contributed by atoms with Crippen LogP contribution in [-0.2, 0) is 0 Å². The first-order valence-electron chi connectivity index (χ1n) is 6.95. The Bertz CT molecular complexity index is 751. The molecule has 0 aliphatic carbocycles. The number of hydrazine groups is 1. The number of benzene rings is 2. The van der Waals surface area contributed by atoms with Crippen molar-refractivity contribution in [2.45, 2.75) is 19.9 Å². The van der Waals surface area contributed by atoms with Crippen molar-refractivity contribution in [3.8, 4) is 5.75 Å². The van der Waals surface area contributed by atoms with Gasteiger partial charge < -0.3 is 10.5 Å². The Morgan fingerprint density at radius 1 is 1.09 bits per heavy atom. The summed E-state index contributed by atoms with van der Waals surface area (Å²) in [6, 6.07) is 9.17. The highest BCUT2D eigenvalue weighted by Gasteiger charge is 2.23. The lowest BCUT2D eigenvalue weighted by molar-refractivity contribution is 0.468. The fourth-order valence-corrected chi connectivity index (χ4v) is 3.32. The molecular weight excluding hydrogens is 319 g/mol. The van der Waals surface area contributed by atoms with Crippen molar-refractivity contribution in [2.75, 3.05) is 0 Å². The maximum Gasteiger partial charge on any atom is 0.127 e. The first-order chi connectivity index (χ1) is 10.5. The van der Waals surface area contributed by atoms with Crippen molar-refractivity contribution in [3.63, 3.8) is 0 Å². The van der Waals surface area contributed by atoms with Gasteiger partial charge in [0.1, 0.15) is 5.75 Å². The molecule has 114 valence electrons. The van der Waals surface area contributed by atoms with Gasteiger partial charge in [0.2, 0.25) is 0 Å². The van der Waals surface area contributed by atoms with Crippen molar-refractivity contribution in [3.05, 3.63) is 68.7 Å². The van der Waals surface area contributed by atoms with Gasteiger partial charge in [0, 0.05) is 21.2 Å². The molecule has 3 rings (SSSR count). The molecule has 0 saturated heterocycles. The molecule has 2 aromatic carbocycles. The summed E-state index contributed by atoms with van der Waals surface area (Å²) in [5.74, 6) is 0.275. The lowest BCUT2D eigenvalue weighted by atomic mass is 10.0. The van der Waals surface area contributed by atoms with Crippen LogP contribution in [0.3, 0.4) is 0 Å². The number of hydrogen-bond donors (Lipinski definition) is 3. The average molecular weight is 335 g/mol. The minimum atomic E-state index is -0.156. The molecule has 0 aromatic heterocycles. The Labute approximate surface area is 139 Å². The third kappa shape index (κ3) is 2.68. The summed E-state index contributed by atoms with van der Waals surface area (Å²) in [4.78, 5) is 0. The summed E-state index contributed by atoms with van der Waals surface area (Å²) in [5, 5.41) is 11.5. The second-order valence-electron chi connectivity index (χ2n) is 5.44. The molecule has 1 atom stereocenters. The summed E-state index contributed by atoms with van der Waals surface area (Å²) in [7, 11) is 0. The Hall–Kier alpha value is -1.68. The van der Waals surface area contributed by atoms with Gasteiger partial charge in [-0.05, 0) is 49.2 Å². The zero-order valence-electron chi connectivity index (χ0n) is 12.2. The zero-order chi connectivity index (χ0) is 15.9. The normalized spacial score (nSPS) is 17.3. The van der Waals surface area contributed by atoms with E-state index in [0.717, 1.165) is 28.0 Å². The summed E-state index contributed by atoms with van der Waals surface area (Å²) < 4.78 is 0. The quantitative estimate of drug-likeness (QED) is 0.757. The number of aromatic hydroxyl groups is 1. The van der Waals surface area contributed by atoms with Gasteiger partial charge in [0.05, 0.1) is 11.7 Å². The molecule has 3 nitrogen and oxygen atoms in total. The maximum atomic E-state index is 10.3. The van der Waals surface area contributed by atoms with Crippen molar-refractivity contribution in [1.29, 1.82) is 0 Å². The first kappa shape index (κ1) is 15.2. The Morgan fingerprint density at radius 2 is 1.77 bits per heavy atom. The minimum Gasteiger partial charge on any atom is -0.507 e. The minimum absolute atomic E-state index is 0.156. The number of phenolic OH excluding ortho intramolecular Hbond substituents is 1. The van der Waals surface area contributed by atoms with E-state index in [0.29, 0.717) is 10.0 Å². The highest BCUT2D eigenvalue weighted by atomic mass is 35.5. The molecule has 0 bridgehead atoms. The molecule has 0 saturated carbocycles. The second kappa shape index (κ2) is 5.84. The van der Waals surface area contributed by atoms with Gasteiger partial charge in [-0.2, -0.15) is 0 Å². The number of rotatable bonds is 2. The van der Waals surface area contributed by atoms with Gasteiger partial charge in [0.15, 0.2) is 0 Å². The molecule has 0 fully saturated rings. The van der Waals surface area contributed by atoms with E-state index in [1.165, 1.54) is 0 Å². The first-order valence-corrected chi connectivity index (χ1v) is 7.71. The summed E-state index contributed by atoms with van der Waals surface area (Å²) in [6.45, 7) is 3.89.